The molecule has 0 aromatic heterocycles. The first-order valence-electron chi connectivity index (χ1n) is 4.72. The normalized spacial score (nSPS) is 12.1. The summed E-state index contributed by atoms with van der Waals surface area (Å²) in [5, 5.41) is 8.35. The van der Waals surface area contributed by atoms with Crippen LogP contribution in [0.1, 0.15) is 32.6 Å². The highest BCUT2D eigenvalue weighted by Gasteiger charge is 2.17. The summed E-state index contributed by atoms with van der Waals surface area (Å²) in [5.74, 6) is -1.73. The summed E-state index contributed by atoms with van der Waals surface area (Å²) in [5.41, 5.74) is 5.28. The summed E-state index contributed by atoms with van der Waals surface area (Å²) in [4.78, 5) is 21.2. The number of rotatable bonds is 7. The number of carboxylic acids is 1. The van der Waals surface area contributed by atoms with Gasteiger partial charge in [-0.2, -0.15) is 0 Å². The second kappa shape index (κ2) is 7.32. The molecule has 14 heavy (non-hydrogen) atoms. The lowest BCUT2D eigenvalue weighted by atomic mass is 10.2. The fourth-order valence-corrected chi connectivity index (χ4v) is 0.903. The number of esters is 1. The Morgan fingerprint density at radius 1 is 1.43 bits per heavy atom. The Kier molecular flexibility index (Phi) is 6.74. The lowest BCUT2D eigenvalue weighted by Gasteiger charge is -2.08. The predicted octanol–water partition coefficient (Wildman–Crippen LogP) is 0.522. The molecule has 82 valence electrons. The van der Waals surface area contributed by atoms with E-state index in [0.717, 1.165) is 19.3 Å². The van der Waals surface area contributed by atoms with E-state index < -0.39 is 18.0 Å². The van der Waals surface area contributed by atoms with E-state index in [1.165, 1.54) is 0 Å². The van der Waals surface area contributed by atoms with E-state index in [9.17, 15) is 9.59 Å². The minimum atomic E-state index is -1.09. The molecule has 0 amide bonds. The number of carboxylic acid groups (broad SMARTS) is 1. The Balaban J connectivity index is 3.57. The van der Waals surface area contributed by atoms with E-state index in [1.807, 2.05) is 6.92 Å². The zero-order chi connectivity index (χ0) is 11.0. The molecular weight excluding hydrogens is 186 g/mol. The van der Waals surface area contributed by atoms with Crippen molar-refractivity contribution in [3.63, 3.8) is 0 Å². The molecule has 0 aliphatic heterocycles. The Labute approximate surface area is 83.2 Å². The summed E-state index contributed by atoms with van der Waals surface area (Å²) < 4.78 is 4.78. The van der Waals surface area contributed by atoms with Gasteiger partial charge in [0.1, 0.15) is 6.04 Å². The number of carbonyl (C=O) groups excluding carboxylic acids is 1. The van der Waals surface area contributed by atoms with Crippen LogP contribution in [0, 0.1) is 0 Å². The van der Waals surface area contributed by atoms with Crippen LogP contribution in [-0.2, 0) is 14.3 Å². The molecule has 0 aromatic carbocycles. The summed E-state index contributed by atoms with van der Waals surface area (Å²) in [6.07, 6.45) is 2.44. The molecule has 0 aliphatic carbocycles. The Morgan fingerprint density at radius 2 is 2.07 bits per heavy atom. The average Bonchev–Trinajstić information content (AvgIpc) is 2.11. The first-order chi connectivity index (χ1) is 6.57. The van der Waals surface area contributed by atoms with Crippen molar-refractivity contribution in [2.75, 3.05) is 6.61 Å². The fourth-order valence-electron chi connectivity index (χ4n) is 0.903. The summed E-state index contributed by atoms with van der Waals surface area (Å²) in [6.45, 7) is 2.36. The van der Waals surface area contributed by atoms with Gasteiger partial charge >= 0.3 is 11.9 Å². The number of unbranched alkanes of at least 4 members (excludes halogenated alkanes) is 2. The van der Waals surface area contributed by atoms with Gasteiger partial charge in [-0.3, -0.25) is 9.59 Å². The molecule has 5 nitrogen and oxygen atoms in total. The minimum Gasteiger partial charge on any atom is -0.481 e. The number of hydrogen-bond donors (Lipinski definition) is 2. The van der Waals surface area contributed by atoms with Crippen LogP contribution in [0.5, 0.6) is 0 Å². The van der Waals surface area contributed by atoms with Crippen molar-refractivity contribution in [2.45, 2.75) is 38.6 Å². The highest BCUT2D eigenvalue weighted by atomic mass is 16.5. The van der Waals surface area contributed by atoms with Crippen molar-refractivity contribution in [2.24, 2.45) is 5.73 Å². The third-order valence-corrected chi connectivity index (χ3v) is 1.69. The van der Waals surface area contributed by atoms with Gasteiger partial charge in [-0.25, -0.2) is 0 Å². The summed E-state index contributed by atoms with van der Waals surface area (Å²) >= 11 is 0. The molecule has 0 spiro atoms. The van der Waals surface area contributed by atoms with E-state index in [4.69, 9.17) is 15.6 Å². The molecule has 1 atom stereocenters. The van der Waals surface area contributed by atoms with E-state index in [-0.39, 0.29) is 6.42 Å². The standard InChI is InChI=1S/C9H17NO4/c1-2-3-4-5-14-9(13)7(10)6-8(11)12/h7H,2-6,10H2,1H3,(H,11,12)/t7-/m1/s1. The number of hydrogen-bond acceptors (Lipinski definition) is 4. The molecule has 0 saturated heterocycles. The van der Waals surface area contributed by atoms with E-state index in [0.29, 0.717) is 6.61 Å². The number of nitrogens with two attached hydrogens (primary N) is 1. The summed E-state index contributed by atoms with van der Waals surface area (Å²) in [6, 6.07) is -1.05. The SMILES string of the molecule is CCCCCOC(=O)[C@H](N)CC(=O)O. The Morgan fingerprint density at radius 3 is 2.57 bits per heavy atom. The molecule has 3 N–H and O–H groups in total. The van der Waals surface area contributed by atoms with Gasteiger partial charge in [0.05, 0.1) is 13.0 Å². The van der Waals surface area contributed by atoms with Gasteiger partial charge in [-0.15, -0.1) is 0 Å². The zero-order valence-electron chi connectivity index (χ0n) is 8.36. The molecule has 0 unspecified atom stereocenters. The molecule has 5 heteroatoms. The third kappa shape index (κ3) is 6.42. The molecule has 0 fully saturated rings. The molecular formula is C9H17NO4. The topological polar surface area (TPSA) is 89.6 Å². The molecule has 0 aromatic rings. The maximum absolute atomic E-state index is 11.0. The Hall–Kier alpha value is -1.10. The smallest absolute Gasteiger partial charge is 0.323 e. The molecule has 0 aliphatic rings. The van der Waals surface area contributed by atoms with Crippen molar-refractivity contribution in [3.8, 4) is 0 Å². The van der Waals surface area contributed by atoms with Gasteiger partial charge in [0.25, 0.3) is 0 Å². The molecule has 0 rings (SSSR count). The largest absolute Gasteiger partial charge is 0.481 e. The van der Waals surface area contributed by atoms with Crippen LogP contribution in [0.2, 0.25) is 0 Å². The molecule has 0 radical (unpaired) electrons. The highest BCUT2D eigenvalue weighted by Crippen LogP contribution is 1.97. The second-order valence-corrected chi connectivity index (χ2v) is 3.08. The van der Waals surface area contributed by atoms with Crippen LogP contribution in [0.3, 0.4) is 0 Å². The van der Waals surface area contributed by atoms with Crippen molar-refractivity contribution < 1.29 is 19.4 Å². The van der Waals surface area contributed by atoms with Gasteiger partial charge < -0.3 is 15.6 Å². The lowest BCUT2D eigenvalue weighted by molar-refractivity contribution is -0.149. The van der Waals surface area contributed by atoms with Gasteiger partial charge in [0, 0.05) is 0 Å². The monoisotopic (exact) mass is 203 g/mol. The lowest BCUT2D eigenvalue weighted by Crippen LogP contribution is -2.34. The van der Waals surface area contributed by atoms with E-state index in [1.54, 1.807) is 0 Å². The van der Waals surface area contributed by atoms with Crippen LogP contribution >= 0.6 is 0 Å². The molecule has 0 bridgehead atoms. The van der Waals surface area contributed by atoms with Crippen LogP contribution in [0.15, 0.2) is 0 Å². The quantitative estimate of drug-likeness (QED) is 0.465. The first-order valence-corrected chi connectivity index (χ1v) is 4.72. The van der Waals surface area contributed by atoms with Gasteiger partial charge in [-0.05, 0) is 6.42 Å². The predicted molar refractivity (Wildman–Crippen MR) is 50.7 cm³/mol. The maximum atomic E-state index is 11.0. The number of aliphatic carboxylic acids is 1. The maximum Gasteiger partial charge on any atom is 0.323 e. The van der Waals surface area contributed by atoms with Gasteiger partial charge in [-0.1, -0.05) is 19.8 Å². The van der Waals surface area contributed by atoms with Gasteiger partial charge in [0.15, 0.2) is 0 Å². The van der Waals surface area contributed by atoms with Crippen molar-refractivity contribution in [1.29, 1.82) is 0 Å². The average molecular weight is 203 g/mol. The van der Waals surface area contributed by atoms with Gasteiger partial charge in [0.2, 0.25) is 0 Å². The van der Waals surface area contributed by atoms with E-state index in [2.05, 4.69) is 0 Å². The Bertz CT molecular complexity index is 193. The minimum absolute atomic E-state index is 0.319. The number of ether oxygens (including phenoxy) is 1. The highest BCUT2D eigenvalue weighted by molar-refractivity contribution is 5.81. The number of carbonyl (C=O) groups is 2. The molecule has 0 saturated carbocycles. The molecule has 0 heterocycles. The van der Waals surface area contributed by atoms with Crippen molar-refractivity contribution in [1.82, 2.24) is 0 Å². The van der Waals surface area contributed by atoms with Crippen molar-refractivity contribution >= 4 is 11.9 Å². The van der Waals surface area contributed by atoms with Crippen LogP contribution < -0.4 is 5.73 Å². The van der Waals surface area contributed by atoms with E-state index >= 15 is 0 Å². The van der Waals surface area contributed by atoms with Crippen LogP contribution in [0.25, 0.3) is 0 Å². The third-order valence-electron chi connectivity index (χ3n) is 1.69. The van der Waals surface area contributed by atoms with Crippen molar-refractivity contribution in [3.05, 3.63) is 0 Å². The van der Waals surface area contributed by atoms with Crippen LogP contribution in [-0.4, -0.2) is 29.7 Å². The summed E-state index contributed by atoms with van der Waals surface area (Å²) in [7, 11) is 0. The first kappa shape index (κ1) is 12.9. The fraction of sp³-hybridized carbons (Fsp3) is 0.778. The van der Waals surface area contributed by atoms with Crippen LogP contribution in [0.4, 0.5) is 0 Å². The second-order valence-electron chi connectivity index (χ2n) is 3.08. The zero-order valence-corrected chi connectivity index (χ0v) is 8.36.